The van der Waals surface area contributed by atoms with Gasteiger partial charge in [0.25, 0.3) is 0 Å². The molecule has 1 aliphatic carbocycles. The van der Waals surface area contributed by atoms with Gasteiger partial charge < -0.3 is 26.6 Å². The SMILES string of the molecule is CCC(=O)N1CCN(c2cccc(C3C=Cc4nc(-c5cccnc5N)n(-c5ccc(C6(N)CCC6)cc5)c4N3)c2)CC1. The first-order valence-corrected chi connectivity index (χ1v) is 15.2. The fourth-order valence-electron chi connectivity index (χ4n) is 6.45. The molecule has 4 heterocycles. The Hall–Kier alpha value is -4.63. The first kappa shape index (κ1) is 27.2. The van der Waals surface area contributed by atoms with Gasteiger partial charge in [-0.05, 0) is 72.9 Å². The summed E-state index contributed by atoms with van der Waals surface area (Å²) in [5, 5.41) is 3.77. The number of nitrogens with zero attached hydrogens (tertiary/aromatic N) is 5. The first-order valence-electron chi connectivity index (χ1n) is 15.2. The Kier molecular flexibility index (Phi) is 6.89. The van der Waals surface area contributed by atoms with E-state index in [9.17, 15) is 4.79 Å². The minimum absolute atomic E-state index is 0.0495. The molecule has 1 atom stereocenters. The highest BCUT2D eigenvalue weighted by Gasteiger charge is 2.34. The van der Waals surface area contributed by atoms with Gasteiger partial charge in [-0.3, -0.25) is 9.36 Å². The van der Waals surface area contributed by atoms with Gasteiger partial charge in [-0.25, -0.2) is 9.97 Å². The standard InChI is InChI=1S/C34H38N8O/c1-2-30(43)41-20-18-40(19-21-41)26-7-3-6-23(22-26)28-13-14-29-33(38-28)42(32(39-29)27-8-4-17-37-31(27)35)25-11-9-24(10-12-25)34(36)15-5-16-34/h3-4,6-14,17,22,28,38H,2,5,15-16,18-21,36H2,1H3,(H2,35,37). The molecule has 2 fully saturated rings. The Bertz CT molecular complexity index is 1680. The van der Waals surface area contributed by atoms with Crippen LogP contribution < -0.4 is 21.7 Å². The Morgan fingerprint density at radius 2 is 1.81 bits per heavy atom. The fourth-order valence-corrected chi connectivity index (χ4v) is 6.45. The van der Waals surface area contributed by atoms with Crippen LogP contribution >= 0.6 is 0 Å². The second kappa shape index (κ2) is 10.9. The van der Waals surface area contributed by atoms with E-state index in [2.05, 4.69) is 80.5 Å². The number of rotatable bonds is 6. The van der Waals surface area contributed by atoms with E-state index in [4.69, 9.17) is 16.5 Å². The van der Waals surface area contributed by atoms with Crippen LogP contribution in [0.25, 0.3) is 23.2 Å². The van der Waals surface area contributed by atoms with E-state index >= 15 is 0 Å². The van der Waals surface area contributed by atoms with Crippen LogP contribution in [0.3, 0.4) is 0 Å². The van der Waals surface area contributed by atoms with Crippen molar-refractivity contribution < 1.29 is 4.79 Å². The van der Waals surface area contributed by atoms with E-state index < -0.39 is 0 Å². The van der Waals surface area contributed by atoms with Gasteiger partial charge in [-0.1, -0.05) is 37.3 Å². The summed E-state index contributed by atoms with van der Waals surface area (Å²) in [6.45, 7) is 5.09. The molecule has 0 bridgehead atoms. The lowest BCUT2D eigenvalue weighted by Gasteiger charge is -2.38. The number of anilines is 3. The van der Waals surface area contributed by atoms with Crippen molar-refractivity contribution in [3.05, 3.63) is 89.8 Å². The van der Waals surface area contributed by atoms with Gasteiger partial charge in [0.2, 0.25) is 5.91 Å². The number of nitrogens with one attached hydrogen (secondary N) is 1. The predicted octanol–water partition coefficient (Wildman–Crippen LogP) is 5.09. The van der Waals surface area contributed by atoms with Gasteiger partial charge in [-0.2, -0.15) is 0 Å². The highest BCUT2D eigenvalue weighted by atomic mass is 16.2. The summed E-state index contributed by atoms with van der Waals surface area (Å²) in [6.07, 6.45) is 9.70. The number of piperazine rings is 1. The zero-order valence-corrected chi connectivity index (χ0v) is 24.5. The number of nitrogen functional groups attached to an aromatic ring is 1. The number of fused-ring (bicyclic) bond motifs is 1. The van der Waals surface area contributed by atoms with E-state index in [1.165, 1.54) is 17.7 Å². The zero-order chi connectivity index (χ0) is 29.6. The Labute approximate surface area is 252 Å². The van der Waals surface area contributed by atoms with Crippen LogP contribution in [0.5, 0.6) is 0 Å². The number of amides is 1. The second-order valence-electron chi connectivity index (χ2n) is 11.8. The Balaban J connectivity index is 1.21. The minimum Gasteiger partial charge on any atom is -0.383 e. The molecule has 3 aliphatic rings. The molecule has 0 spiro atoms. The van der Waals surface area contributed by atoms with Crippen LogP contribution in [-0.2, 0) is 10.3 Å². The molecule has 7 rings (SSSR count). The number of aromatic nitrogens is 3. The van der Waals surface area contributed by atoms with Gasteiger partial charge >= 0.3 is 0 Å². The van der Waals surface area contributed by atoms with Crippen molar-refractivity contribution in [2.45, 2.75) is 44.2 Å². The average molecular weight is 575 g/mol. The molecule has 9 heteroatoms. The molecule has 0 radical (unpaired) electrons. The van der Waals surface area contributed by atoms with Crippen molar-refractivity contribution in [1.29, 1.82) is 0 Å². The highest BCUT2D eigenvalue weighted by molar-refractivity contribution is 5.79. The number of hydrogen-bond acceptors (Lipinski definition) is 7. The first-order chi connectivity index (χ1) is 20.9. The van der Waals surface area contributed by atoms with E-state index in [-0.39, 0.29) is 17.5 Å². The van der Waals surface area contributed by atoms with E-state index in [0.717, 1.165) is 73.2 Å². The number of nitrogens with two attached hydrogens (primary N) is 2. The minimum atomic E-state index is -0.223. The van der Waals surface area contributed by atoms with E-state index in [1.807, 2.05) is 24.0 Å². The molecular formula is C34H38N8O. The number of carbonyl (C=O) groups is 1. The van der Waals surface area contributed by atoms with Crippen molar-refractivity contribution >= 4 is 29.3 Å². The van der Waals surface area contributed by atoms with Crippen molar-refractivity contribution in [3.63, 3.8) is 0 Å². The number of pyridine rings is 1. The molecule has 43 heavy (non-hydrogen) atoms. The van der Waals surface area contributed by atoms with Crippen molar-refractivity contribution in [3.8, 4) is 17.1 Å². The molecule has 1 amide bonds. The summed E-state index contributed by atoms with van der Waals surface area (Å²) in [5.74, 6) is 2.30. The summed E-state index contributed by atoms with van der Waals surface area (Å²) < 4.78 is 2.14. The molecule has 1 saturated carbocycles. The quantitative estimate of drug-likeness (QED) is 0.293. The molecule has 220 valence electrons. The van der Waals surface area contributed by atoms with Crippen molar-refractivity contribution in [1.82, 2.24) is 19.4 Å². The lowest BCUT2D eigenvalue weighted by molar-refractivity contribution is -0.131. The highest BCUT2D eigenvalue weighted by Crippen LogP contribution is 2.41. The van der Waals surface area contributed by atoms with Crippen LogP contribution in [0.15, 0.2) is 72.9 Å². The second-order valence-corrected chi connectivity index (χ2v) is 11.8. The topological polar surface area (TPSA) is 118 Å². The average Bonchev–Trinajstić information content (AvgIpc) is 3.42. The fraction of sp³-hybridized carbons (Fsp3) is 0.324. The maximum Gasteiger partial charge on any atom is 0.222 e. The molecule has 2 aromatic carbocycles. The third-order valence-electron chi connectivity index (χ3n) is 9.20. The monoisotopic (exact) mass is 574 g/mol. The van der Waals surface area contributed by atoms with Gasteiger partial charge in [-0.15, -0.1) is 0 Å². The van der Waals surface area contributed by atoms with Gasteiger partial charge in [0.15, 0.2) is 5.82 Å². The van der Waals surface area contributed by atoms with E-state index in [0.29, 0.717) is 12.2 Å². The number of imidazole rings is 1. The molecule has 9 nitrogen and oxygen atoms in total. The van der Waals surface area contributed by atoms with Gasteiger partial charge in [0, 0.05) is 55.7 Å². The van der Waals surface area contributed by atoms with Crippen LogP contribution in [0.2, 0.25) is 0 Å². The van der Waals surface area contributed by atoms with Gasteiger partial charge in [0.1, 0.15) is 17.3 Å². The smallest absolute Gasteiger partial charge is 0.222 e. The largest absolute Gasteiger partial charge is 0.383 e. The number of benzene rings is 2. The summed E-state index contributed by atoms with van der Waals surface area (Å²) in [4.78, 5) is 25.9. The molecule has 2 aromatic heterocycles. The molecule has 1 saturated heterocycles. The van der Waals surface area contributed by atoms with Crippen LogP contribution in [0, 0.1) is 0 Å². The summed E-state index contributed by atoms with van der Waals surface area (Å²) in [6, 6.07) is 21.0. The molecule has 5 N–H and O–H groups in total. The lowest BCUT2D eigenvalue weighted by atomic mass is 9.73. The van der Waals surface area contributed by atoms with Crippen molar-refractivity contribution in [2.75, 3.05) is 42.1 Å². The summed E-state index contributed by atoms with van der Waals surface area (Å²) >= 11 is 0. The predicted molar refractivity (Wildman–Crippen MR) is 172 cm³/mol. The van der Waals surface area contributed by atoms with Crippen LogP contribution in [0.1, 0.15) is 55.5 Å². The molecule has 1 unspecified atom stereocenters. The maximum absolute atomic E-state index is 12.2. The molecular weight excluding hydrogens is 536 g/mol. The number of hydrogen-bond donors (Lipinski definition) is 3. The molecule has 4 aromatic rings. The third-order valence-corrected chi connectivity index (χ3v) is 9.20. The Morgan fingerprint density at radius 3 is 2.51 bits per heavy atom. The summed E-state index contributed by atoms with van der Waals surface area (Å²) in [7, 11) is 0. The normalized spacial score (nSPS) is 19.0. The zero-order valence-electron chi connectivity index (χ0n) is 24.5. The van der Waals surface area contributed by atoms with Gasteiger partial charge in [0.05, 0.1) is 11.6 Å². The molecule has 2 aliphatic heterocycles. The third kappa shape index (κ3) is 4.93. The van der Waals surface area contributed by atoms with Crippen LogP contribution in [-0.4, -0.2) is 51.5 Å². The van der Waals surface area contributed by atoms with E-state index in [1.54, 1.807) is 6.20 Å². The Morgan fingerprint density at radius 1 is 1.02 bits per heavy atom. The van der Waals surface area contributed by atoms with Crippen molar-refractivity contribution in [2.24, 2.45) is 5.73 Å². The summed E-state index contributed by atoms with van der Waals surface area (Å²) in [5.41, 5.74) is 18.9. The lowest BCUT2D eigenvalue weighted by Crippen LogP contribution is -2.48. The number of carbonyl (C=O) groups excluding carboxylic acids is 1. The maximum atomic E-state index is 12.2. The van der Waals surface area contributed by atoms with Crippen LogP contribution in [0.4, 0.5) is 17.3 Å².